The predicted octanol–water partition coefficient (Wildman–Crippen LogP) is 4.10. The lowest BCUT2D eigenvalue weighted by Crippen LogP contribution is -2.35. The molecule has 1 saturated heterocycles. The first kappa shape index (κ1) is 18.2. The summed E-state index contributed by atoms with van der Waals surface area (Å²) >= 11 is 0. The van der Waals surface area contributed by atoms with Gasteiger partial charge in [0.25, 0.3) is 0 Å². The van der Waals surface area contributed by atoms with Gasteiger partial charge in [-0.25, -0.2) is 4.98 Å². The third-order valence-corrected chi connectivity index (χ3v) is 5.07. The molecule has 0 bridgehead atoms. The van der Waals surface area contributed by atoms with E-state index in [0.29, 0.717) is 17.5 Å². The molecule has 0 spiro atoms. The van der Waals surface area contributed by atoms with Crippen LogP contribution in [0, 0.1) is 0 Å². The van der Waals surface area contributed by atoms with E-state index in [0.717, 1.165) is 43.1 Å². The molecule has 1 aromatic carbocycles. The average molecular weight is 400 g/mol. The number of piperidine rings is 1. The van der Waals surface area contributed by atoms with Crippen molar-refractivity contribution in [3.05, 3.63) is 73.3 Å². The Hall–Kier alpha value is -3.81. The summed E-state index contributed by atoms with van der Waals surface area (Å²) < 4.78 is 11.4. The van der Waals surface area contributed by atoms with Crippen LogP contribution in [0.1, 0.15) is 24.7 Å². The lowest BCUT2D eigenvalue weighted by molar-refractivity contribution is 0.333. The molecular formula is C22H20N6O2. The Balaban J connectivity index is 1.28. The van der Waals surface area contributed by atoms with Crippen LogP contribution in [0.15, 0.2) is 71.9 Å². The number of nitrogens with zero attached hydrogens (tertiary/aromatic N) is 6. The maximum atomic E-state index is 5.78. The third kappa shape index (κ3) is 3.98. The highest BCUT2D eigenvalue weighted by Gasteiger charge is 2.27. The summed E-state index contributed by atoms with van der Waals surface area (Å²) in [4.78, 5) is 19.5. The maximum absolute atomic E-state index is 5.78. The molecule has 0 saturated carbocycles. The van der Waals surface area contributed by atoms with Crippen molar-refractivity contribution in [2.75, 3.05) is 18.0 Å². The van der Waals surface area contributed by atoms with Crippen molar-refractivity contribution in [1.82, 2.24) is 25.1 Å². The van der Waals surface area contributed by atoms with Crippen molar-refractivity contribution < 1.29 is 9.26 Å². The molecule has 0 N–H and O–H groups in total. The van der Waals surface area contributed by atoms with Gasteiger partial charge < -0.3 is 14.2 Å². The molecule has 8 heteroatoms. The van der Waals surface area contributed by atoms with Gasteiger partial charge in [0.2, 0.25) is 11.7 Å². The highest BCUT2D eigenvalue weighted by atomic mass is 16.5. The molecule has 30 heavy (non-hydrogen) atoms. The summed E-state index contributed by atoms with van der Waals surface area (Å²) in [6.07, 6.45) is 10.6. The van der Waals surface area contributed by atoms with E-state index in [1.54, 1.807) is 31.0 Å². The molecule has 1 aliphatic rings. The van der Waals surface area contributed by atoms with E-state index in [1.165, 1.54) is 0 Å². The number of pyridine rings is 1. The molecular weight excluding hydrogens is 380 g/mol. The number of aromatic nitrogens is 5. The molecule has 4 aromatic rings. The van der Waals surface area contributed by atoms with E-state index < -0.39 is 0 Å². The summed E-state index contributed by atoms with van der Waals surface area (Å²) in [7, 11) is 0. The lowest BCUT2D eigenvalue weighted by atomic mass is 9.98. The third-order valence-electron chi connectivity index (χ3n) is 5.07. The minimum Gasteiger partial charge on any atom is -0.456 e. The van der Waals surface area contributed by atoms with E-state index in [4.69, 9.17) is 9.26 Å². The predicted molar refractivity (Wildman–Crippen MR) is 110 cm³/mol. The van der Waals surface area contributed by atoms with E-state index in [2.05, 4.69) is 30.0 Å². The Bertz CT molecular complexity index is 1090. The first-order valence-electron chi connectivity index (χ1n) is 9.88. The number of hydrogen-bond acceptors (Lipinski definition) is 8. The summed E-state index contributed by atoms with van der Waals surface area (Å²) in [5, 5.41) is 4.19. The minimum atomic E-state index is 0.176. The first-order valence-corrected chi connectivity index (χ1v) is 9.88. The molecule has 3 aromatic heterocycles. The standard InChI is InChI=1S/C22H20N6O2/c1-4-19(13-23-9-1)29-18-7-5-16(6-8-18)21-26-22(30-27-21)17-3-2-12-28(15-17)20-14-24-10-11-25-20/h1,4-11,13-14,17H,2-3,12,15H2. The molecule has 0 aliphatic carbocycles. The van der Waals surface area contributed by atoms with Crippen LogP contribution < -0.4 is 9.64 Å². The minimum absolute atomic E-state index is 0.176. The number of anilines is 1. The van der Waals surface area contributed by atoms with E-state index in [-0.39, 0.29) is 5.92 Å². The van der Waals surface area contributed by atoms with Crippen molar-refractivity contribution in [1.29, 1.82) is 0 Å². The van der Waals surface area contributed by atoms with Crippen LogP contribution >= 0.6 is 0 Å². The zero-order chi connectivity index (χ0) is 20.2. The van der Waals surface area contributed by atoms with Gasteiger partial charge in [0.15, 0.2) is 0 Å². The van der Waals surface area contributed by atoms with E-state index in [1.807, 2.05) is 36.4 Å². The molecule has 0 radical (unpaired) electrons. The molecule has 1 atom stereocenters. The molecule has 4 heterocycles. The largest absolute Gasteiger partial charge is 0.456 e. The Morgan fingerprint density at radius 2 is 1.87 bits per heavy atom. The zero-order valence-corrected chi connectivity index (χ0v) is 16.3. The van der Waals surface area contributed by atoms with Crippen molar-refractivity contribution in [3.63, 3.8) is 0 Å². The van der Waals surface area contributed by atoms with Crippen LogP contribution in [0.3, 0.4) is 0 Å². The molecule has 8 nitrogen and oxygen atoms in total. The molecule has 1 aliphatic heterocycles. The van der Waals surface area contributed by atoms with Gasteiger partial charge in [-0.3, -0.25) is 9.97 Å². The summed E-state index contributed by atoms with van der Waals surface area (Å²) in [6, 6.07) is 11.3. The fraction of sp³-hybridized carbons (Fsp3) is 0.227. The van der Waals surface area contributed by atoms with Crippen LogP contribution in [-0.2, 0) is 0 Å². The summed E-state index contributed by atoms with van der Waals surface area (Å²) in [5.74, 6) is 3.71. The molecule has 1 fully saturated rings. The fourth-order valence-corrected chi connectivity index (χ4v) is 3.58. The Labute approximate surface area is 173 Å². The fourth-order valence-electron chi connectivity index (χ4n) is 3.58. The van der Waals surface area contributed by atoms with Gasteiger partial charge in [-0.2, -0.15) is 4.98 Å². The maximum Gasteiger partial charge on any atom is 0.231 e. The van der Waals surface area contributed by atoms with Gasteiger partial charge >= 0.3 is 0 Å². The van der Waals surface area contributed by atoms with E-state index >= 15 is 0 Å². The second-order valence-electron chi connectivity index (χ2n) is 7.12. The number of ether oxygens (including phenoxy) is 1. The number of rotatable bonds is 5. The number of hydrogen-bond donors (Lipinski definition) is 0. The second kappa shape index (κ2) is 8.28. The van der Waals surface area contributed by atoms with Crippen molar-refractivity contribution in [2.24, 2.45) is 0 Å². The van der Waals surface area contributed by atoms with Crippen LogP contribution in [0.2, 0.25) is 0 Å². The molecule has 1 unspecified atom stereocenters. The Kier molecular flexibility index (Phi) is 5.03. The van der Waals surface area contributed by atoms with Crippen molar-refractivity contribution in [2.45, 2.75) is 18.8 Å². The Morgan fingerprint density at radius 1 is 0.967 bits per heavy atom. The SMILES string of the molecule is c1cncc(Oc2ccc(-c3noc(C4CCCN(c5cnccn5)C4)n3)cc2)c1. The molecule has 150 valence electrons. The van der Waals surface area contributed by atoms with E-state index in [9.17, 15) is 0 Å². The smallest absolute Gasteiger partial charge is 0.231 e. The van der Waals surface area contributed by atoms with Crippen molar-refractivity contribution in [3.8, 4) is 22.9 Å². The zero-order valence-electron chi connectivity index (χ0n) is 16.3. The number of benzene rings is 1. The summed E-state index contributed by atoms with van der Waals surface area (Å²) in [5.41, 5.74) is 0.880. The van der Waals surface area contributed by atoms with Gasteiger partial charge in [-0.05, 0) is 49.2 Å². The van der Waals surface area contributed by atoms with Crippen LogP contribution in [0.4, 0.5) is 5.82 Å². The average Bonchev–Trinajstić information content (AvgIpc) is 3.31. The van der Waals surface area contributed by atoms with Gasteiger partial charge in [-0.15, -0.1) is 0 Å². The van der Waals surface area contributed by atoms with Crippen LogP contribution in [0.25, 0.3) is 11.4 Å². The quantitative estimate of drug-likeness (QED) is 0.495. The lowest BCUT2D eigenvalue weighted by Gasteiger charge is -2.31. The summed E-state index contributed by atoms with van der Waals surface area (Å²) in [6.45, 7) is 1.74. The highest BCUT2D eigenvalue weighted by Crippen LogP contribution is 2.30. The van der Waals surface area contributed by atoms with Crippen LogP contribution in [0.5, 0.6) is 11.5 Å². The van der Waals surface area contributed by atoms with Gasteiger partial charge in [0.1, 0.15) is 17.3 Å². The Morgan fingerprint density at radius 3 is 2.67 bits per heavy atom. The highest BCUT2D eigenvalue weighted by molar-refractivity contribution is 5.56. The monoisotopic (exact) mass is 400 g/mol. The molecule has 5 rings (SSSR count). The second-order valence-corrected chi connectivity index (χ2v) is 7.12. The topological polar surface area (TPSA) is 90.1 Å². The van der Waals surface area contributed by atoms with Gasteiger partial charge in [0.05, 0.1) is 18.3 Å². The first-order chi connectivity index (χ1) is 14.8. The van der Waals surface area contributed by atoms with Crippen molar-refractivity contribution >= 4 is 5.82 Å². The molecule has 0 amide bonds. The van der Waals surface area contributed by atoms with Crippen LogP contribution in [-0.4, -0.2) is 38.2 Å². The van der Waals surface area contributed by atoms with Gasteiger partial charge in [0, 0.05) is 37.2 Å². The normalized spacial score (nSPS) is 16.4. The van der Waals surface area contributed by atoms with Gasteiger partial charge in [-0.1, -0.05) is 5.16 Å².